The summed E-state index contributed by atoms with van der Waals surface area (Å²) < 4.78 is 0. The van der Waals surface area contributed by atoms with E-state index in [1.807, 2.05) is 35.8 Å². The van der Waals surface area contributed by atoms with Gasteiger partial charge < -0.3 is 14.7 Å². The van der Waals surface area contributed by atoms with E-state index in [0.717, 1.165) is 58.5 Å². The van der Waals surface area contributed by atoms with E-state index in [0.29, 0.717) is 25.3 Å². The van der Waals surface area contributed by atoms with E-state index in [4.69, 9.17) is 0 Å². The SMILES string of the molecule is C=CC(=O)N1CCN(c2c(C)cnc3c2CCN(c2c(C)ccc4[nH]ncc24)C3=O)CC1. The van der Waals surface area contributed by atoms with Crippen molar-refractivity contribution in [3.63, 3.8) is 0 Å². The van der Waals surface area contributed by atoms with E-state index in [1.165, 1.54) is 6.08 Å². The first-order chi connectivity index (χ1) is 15.5. The minimum Gasteiger partial charge on any atom is -0.367 e. The molecule has 0 unspecified atom stereocenters. The Hall–Kier alpha value is -3.68. The van der Waals surface area contributed by atoms with Crippen LogP contribution in [0.3, 0.4) is 0 Å². The van der Waals surface area contributed by atoms with Crippen molar-refractivity contribution in [2.45, 2.75) is 20.3 Å². The van der Waals surface area contributed by atoms with Crippen LogP contribution >= 0.6 is 0 Å². The number of amides is 2. The van der Waals surface area contributed by atoms with E-state index in [-0.39, 0.29) is 11.8 Å². The van der Waals surface area contributed by atoms with Crippen molar-refractivity contribution in [3.8, 4) is 0 Å². The quantitative estimate of drug-likeness (QED) is 0.646. The van der Waals surface area contributed by atoms with Crippen LogP contribution < -0.4 is 9.80 Å². The Bertz CT molecular complexity index is 1240. The van der Waals surface area contributed by atoms with Crippen LogP contribution in [0.1, 0.15) is 27.2 Å². The van der Waals surface area contributed by atoms with E-state index < -0.39 is 0 Å². The van der Waals surface area contributed by atoms with Crippen LogP contribution in [0.25, 0.3) is 10.9 Å². The van der Waals surface area contributed by atoms with Crippen LogP contribution in [0.4, 0.5) is 11.4 Å². The smallest absolute Gasteiger partial charge is 0.277 e. The maximum Gasteiger partial charge on any atom is 0.277 e. The van der Waals surface area contributed by atoms with Gasteiger partial charge in [0.15, 0.2) is 0 Å². The number of carbonyl (C=O) groups is 2. The Morgan fingerprint density at radius 3 is 2.59 bits per heavy atom. The molecule has 0 radical (unpaired) electrons. The summed E-state index contributed by atoms with van der Waals surface area (Å²) in [4.78, 5) is 36.1. The minimum atomic E-state index is -0.0789. The summed E-state index contributed by atoms with van der Waals surface area (Å²) in [6.45, 7) is 11.0. The first kappa shape index (κ1) is 20.2. The predicted molar refractivity (Wildman–Crippen MR) is 124 cm³/mol. The molecular formula is C24H26N6O2. The third kappa shape index (κ3) is 3.14. The molecule has 8 nitrogen and oxygen atoms in total. The van der Waals surface area contributed by atoms with Crippen molar-refractivity contribution >= 4 is 34.1 Å². The summed E-state index contributed by atoms with van der Waals surface area (Å²) in [5.41, 5.74) is 6.51. The van der Waals surface area contributed by atoms with Crippen molar-refractivity contribution in [1.82, 2.24) is 20.1 Å². The monoisotopic (exact) mass is 430 g/mol. The van der Waals surface area contributed by atoms with Crippen molar-refractivity contribution in [2.75, 3.05) is 42.5 Å². The van der Waals surface area contributed by atoms with Crippen LogP contribution in [0, 0.1) is 13.8 Å². The largest absolute Gasteiger partial charge is 0.367 e. The lowest BCUT2D eigenvalue weighted by Gasteiger charge is -2.39. The highest BCUT2D eigenvalue weighted by Crippen LogP contribution is 2.36. The number of aromatic nitrogens is 3. The van der Waals surface area contributed by atoms with Crippen LogP contribution in [-0.2, 0) is 11.2 Å². The molecule has 4 heterocycles. The van der Waals surface area contributed by atoms with Gasteiger partial charge in [-0.25, -0.2) is 0 Å². The number of carbonyl (C=O) groups excluding carboxylic acids is 2. The maximum absolute atomic E-state index is 13.6. The van der Waals surface area contributed by atoms with Crippen molar-refractivity contribution in [3.05, 3.63) is 59.6 Å². The highest BCUT2D eigenvalue weighted by molar-refractivity contribution is 6.12. The molecule has 1 saturated heterocycles. The fourth-order valence-electron chi connectivity index (χ4n) is 4.93. The Kier molecular flexibility index (Phi) is 4.92. The standard InChI is InChI=1S/C24H26N6O2/c1-4-20(31)28-9-11-29(12-10-28)22-16(3)13-25-21-17(22)7-8-30(24(21)32)23-15(2)5-6-19-18(23)14-26-27-19/h4-6,13-14H,1,7-12H2,2-3H3,(H,26,27). The average molecular weight is 431 g/mol. The second kappa shape index (κ2) is 7.78. The zero-order valence-electron chi connectivity index (χ0n) is 18.4. The number of hydrogen-bond donors (Lipinski definition) is 1. The first-order valence-electron chi connectivity index (χ1n) is 10.9. The molecule has 5 rings (SSSR count). The van der Waals surface area contributed by atoms with Gasteiger partial charge >= 0.3 is 0 Å². The van der Waals surface area contributed by atoms with E-state index in [2.05, 4.69) is 26.7 Å². The Morgan fingerprint density at radius 1 is 1.06 bits per heavy atom. The molecule has 0 spiro atoms. The summed E-state index contributed by atoms with van der Waals surface area (Å²) in [6.07, 6.45) is 5.66. The predicted octanol–water partition coefficient (Wildman–Crippen LogP) is 2.61. The molecule has 1 N–H and O–H groups in total. The van der Waals surface area contributed by atoms with Crippen molar-refractivity contribution in [1.29, 1.82) is 0 Å². The fourth-order valence-corrected chi connectivity index (χ4v) is 4.93. The molecule has 32 heavy (non-hydrogen) atoms. The molecule has 1 fully saturated rings. The van der Waals surface area contributed by atoms with Crippen LogP contribution in [-0.4, -0.2) is 64.6 Å². The van der Waals surface area contributed by atoms with E-state index >= 15 is 0 Å². The zero-order chi connectivity index (χ0) is 22.4. The van der Waals surface area contributed by atoms with Gasteiger partial charge in [-0.1, -0.05) is 12.6 Å². The van der Waals surface area contributed by atoms with Gasteiger partial charge in [0, 0.05) is 55.6 Å². The number of hydrogen-bond acceptors (Lipinski definition) is 5. The number of rotatable bonds is 3. The number of fused-ring (bicyclic) bond motifs is 2. The van der Waals surface area contributed by atoms with Gasteiger partial charge in [0.25, 0.3) is 5.91 Å². The number of piperazine rings is 1. The van der Waals surface area contributed by atoms with Gasteiger partial charge in [-0.05, 0) is 43.5 Å². The van der Waals surface area contributed by atoms with E-state index in [9.17, 15) is 9.59 Å². The molecule has 3 aromatic rings. The molecule has 2 aromatic heterocycles. The Balaban J connectivity index is 1.49. The summed E-state index contributed by atoms with van der Waals surface area (Å²) >= 11 is 0. The summed E-state index contributed by atoms with van der Waals surface area (Å²) in [5.74, 6) is -0.113. The summed E-state index contributed by atoms with van der Waals surface area (Å²) in [5, 5.41) is 8.09. The lowest BCUT2D eigenvalue weighted by Crippen LogP contribution is -2.49. The number of pyridine rings is 1. The third-order valence-corrected chi connectivity index (χ3v) is 6.52. The number of nitrogens with zero attached hydrogens (tertiary/aromatic N) is 5. The van der Waals surface area contributed by atoms with Crippen molar-refractivity contribution in [2.24, 2.45) is 0 Å². The molecule has 2 aliphatic heterocycles. The average Bonchev–Trinajstić information content (AvgIpc) is 3.28. The van der Waals surface area contributed by atoms with Crippen LogP contribution in [0.5, 0.6) is 0 Å². The van der Waals surface area contributed by atoms with E-state index in [1.54, 1.807) is 12.4 Å². The number of anilines is 2. The van der Waals surface area contributed by atoms with Crippen LogP contribution in [0.2, 0.25) is 0 Å². The highest BCUT2D eigenvalue weighted by atomic mass is 16.2. The molecule has 164 valence electrons. The van der Waals surface area contributed by atoms with Gasteiger partial charge in [-0.2, -0.15) is 5.10 Å². The zero-order valence-corrected chi connectivity index (χ0v) is 18.4. The molecule has 0 bridgehead atoms. The first-order valence-corrected chi connectivity index (χ1v) is 10.9. The molecule has 0 atom stereocenters. The number of benzene rings is 1. The molecule has 1 aromatic carbocycles. The maximum atomic E-state index is 13.6. The van der Waals surface area contributed by atoms with Gasteiger partial charge in [-0.15, -0.1) is 0 Å². The summed E-state index contributed by atoms with van der Waals surface area (Å²) in [7, 11) is 0. The minimum absolute atomic E-state index is 0.0345. The van der Waals surface area contributed by atoms with Gasteiger partial charge in [-0.3, -0.25) is 19.7 Å². The highest BCUT2D eigenvalue weighted by Gasteiger charge is 2.33. The normalized spacial score (nSPS) is 16.4. The third-order valence-electron chi connectivity index (χ3n) is 6.52. The van der Waals surface area contributed by atoms with Gasteiger partial charge in [0.1, 0.15) is 5.69 Å². The molecule has 2 amide bonds. The van der Waals surface area contributed by atoms with Gasteiger partial charge in [0.2, 0.25) is 5.91 Å². The molecule has 0 saturated carbocycles. The fraction of sp³-hybridized carbons (Fsp3) is 0.333. The number of aryl methyl sites for hydroxylation is 2. The Morgan fingerprint density at radius 2 is 1.84 bits per heavy atom. The van der Waals surface area contributed by atoms with Gasteiger partial charge in [0.05, 0.1) is 17.4 Å². The van der Waals surface area contributed by atoms with Crippen LogP contribution in [0.15, 0.2) is 37.2 Å². The lowest BCUT2D eigenvalue weighted by molar-refractivity contribution is -0.126. The number of nitrogens with one attached hydrogen (secondary N) is 1. The topological polar surface area (TPSA) is 85.4 Å². The number of H-pyrrole nitrogens is 1. The molecule has 8 heteroatoms. The molecular weight excluding hydrogens is 404 g/mol. The Labute approximate surface area is 186 Å². The second-order valence-corrected chi connectivity index (χ2v) is 8.40. The number of aromatic amines is 1. The molecule has 0 aliphatic carbocycles. The second-order valence-electron chi connectivity index (χ2n) is 8.40. The van der Waals surface area contributed by atoms with Crippen molar-refractivity contribution < 1.29 is 9.59 Å². The molecule has 2 aliphatic rings. The summed E-state index contributed by atoms with van der Waals surface area (Å²) in [6, 6.07) is 4.00. The lowest BCUT2D eigenvalue weighted by atomic mass is 9.97.